The third-order valence-corrected chi connectivity index (χ3v) is 5.84. The van der Waals surface area contributed by atoms with Crippen LogP contribution in [0.2, 0.25) is 5.02 Å². The fraction of sp³-hybridized carbons (Fsp3) is 0.500. The van der Waals surface area contributed by atoms with E-state index in [0.717, 1.165) is 12.2 Å². The van der Waals surface area contributed by atoms with Gasteiger partial charge in [-0.2, -0.15) is 0 Å². The Balaban J connectivity index is 1.58. The Morgan fingerprint density at radius 3 is 2.96 bits per heavy atom. The van der Waals surface area contributed by atoms with E-state index >= 15 is 0 Å². The molecule has 0 unspecified atom stereocenters. The smallest absolute Gasteiger partial charge is 0.233 e. The van der Waals surface area contributed by atoms with Crippen LogP contribution in [0.25, 0.3) is 5.69 Å². The quantitative estimate of drug-likeness (QED) is 0.769. The second-order valence-electron chi connectivity index (χ2n) is 6.47. The van der Waals surface area contributed by atoms with Crippen molar-refractivity contribution in [2.75, 3.05) is 6.54 Å². The molecule has 134 valence electrons. The highest BCUT2D eigenvalue weighted by molar-refractivity contribution is 8.00. The molecule has 0 bridgehead atoms. The van der Waals surface area contributed by atoms with Crippen molar-refractivity contribution >= 4 is 29.3 Å². The van der Waals surface area contributed by atoms with E-state index in [2.05, 4.69) is 15.5 Å². The Bertz CT molecular complexity index is 715. The van der Waals surface area contributed by atoms with Gasteiger partial charge in [0.1, 0.15) is 6.33 Å². The first-order chi connectivity index (χ1) is 12.1. The molecule has 1 atom stereocenters. The van der Waals surface area contributed by atoms with Crippen molar-refractivity contribution < 1.29 is 4.79 Å². The Hall–Kier alpha value is -1.53. The minimum atomic E-state index is -0.231. The molecule has 1 heterocycles. The highest BCUT2D eigenvalue weighted by Gasteiger charge is 2.20. The number of thioether (sulfide) groups is 1. The standard InChI is InChI=1S/C18H23ClN4OS/c1-13(17(24)20-11-14-6-3-2-4-7-14)25-18-22-21-12-23(18)16-9-5-8-15(19)10-16/h5,8-10,12-14H,2-4,6-7,11H2,1H3,(H,20,24)/t13-/m1/s1. The van der Waals surface area contributed by atoms with E-state index in [1.807, 2.05) is 35.8 Å². The fourth-order valence-electron chi connectivity index (χ4n) is 3.10. The molecule has 1 amide bonds. The van der Waals surface area contributed by atoms with Crippen molar-refractivity contribution in [3.05, 3.63) is 35.6 Å². The molecule has 0 aliphatic heterocycles. The van der Waals surface area contributed by atoms with Crippen LogP contribution in [0.15, 0.2) is 35.7 Å². The minimum Gasteiger partial charge on any atom is -0.355 e. The van der Waals surface area contributed by atoms with Gasteiger partial charge in [-0.1, -0.05) is 48.7 Å². The Labute approximate surface area is 157 Å². The van der Waals surface area contributed by atoms with Gasteiger partial charge >= 0.3 is 0 Å². The lowest BCUT2D eigenvalue weighted by Crippen LogP contribution is -2.35. The van der Waals surface area contributed by atoms with Crippen LogP contribution in [-0.2, 0) is 4.79 Å². The zero-order valence-electron chi connectivity index (χ0n) is 14.3. The van der Waals surface area contributed by atoms with E-state index in [-0.39, 0.29) is 11.2 Å². The molecule has 0 spiro atoms. The average molecular weight is 379 g/mol. The predicted molar refractivity (Wildman–Crippen MR) is 101 cm³/mol. The largest absolute Gasteiger partial charge is 0.355 e. The number of carbonyl (C=O) groups excluding carboxylic acids is 1. The number of nitrogens with one attached hydrogen (secondary N) is 1. The molecule has 3 rings (SSSR count). The van der Waals surface area contributed by atoms with Gasteiger partial charge in [-0.15, -0.1) is 10.2 Å². The zero-order chi connectivity index (χ0) is 17.6. The Morgan fingerprint density at radius 1 is 1.40 bits per heavy atom. The number of hydrogen-bond acceptors (Lipinski definition) is 4. The van der Waals surface area contributed by atoms with Crippen LogP contribution in [0, 0.1) is 5.92 Å². The van der Waals surface area contributed by atoms with Crippen LogP contribution in [0.3, 0.4) is 0 Å². The monoisotopic (exact) mass is 378 g/mol. The van der Waals surface area contributed by atoms with Gasteiger partial charge in [0.15, 0.2) is 5.16 Å². The van der Waals surface area contributed by atoms with Crippen LogP contribution >= 0.6 is 23.4 Å². The van der Waals surface area contributed by atoms with Gasteiger partial charge in [0, 0.05) is 11.6 Å². The van der Waals surface area contributed by atoms with Crippen molar-refractivity contribution in [1.29, 1.82) is 0 Å². The zero-order valence-corrected chi connectivity index (χ0v) is 15.9. The van der Waals surface area contributed by atoms with Gasteiger partial charge in [-0.3, -0.25) is 9.36 Å². The normalized spacial score (nSPS) is 16.6. The molecule has 1 saturated carbocycles. The molecule has 25 heavy (non-hydrogen) atoms. The second kappa shape index (κ2) is 8.72. The predicted octanol–water partition coefficient (Wildman–Crippen LogP) is 4.10. The van der Waals surface area contributed by atoms with Crippen molar-refractivity contribution in [2.45, 2.75) is 49.4 Å². The summed E-state index contributed by atoms with van der Waals surface area (Å²) in [6, 6.07) is 7.49. The van der Waals surface area contributed by atoms with Crippen molar-refractivity contribution in [2.24, 2.45) is 5.92 Å². The van der Waals surface area contributed by atoms with E-state index in [1.165, 1.54) is 43.9 Å². The number of benzene rings is 1. The van der Waals surface area contributed by atoms with Crippen molar-refractivity contribution in [1.82, 2.24) is 20.1 Å². The lowest BCUT2D eigenvalue weighted by molar-refractivity contribution is -0.120. The van der Waals surface area contributed by atoms with Crippen molar-refractivity contribution in [3.8, 4) is 5.69 Å². The maximum Gasteiger partial charge on any atom is 0.233 e. The summed E-state index contributed by atoms with van der Waals surface area (Å²) < 4.78 is 1.85. The van der Waals surface area contributed by atoms with Gasteiger partial charge in [0.2, 0.25) is 5.91 Å². The molecule has 2 aromatic rings. The third kappa shape index (κ3) is 4.98. The SMILES string of the molecule is C[C@@H](Sc1nncn1-c1cccc(Cl)c1)C(=O)NCC1CCCCC1. The van der Waals surface area contributed by atoms with Crippen LogP contribution < -0.4 is 5.32 Å². The number of nitrogens with zero attached hydrogens (tertiary/aromatic N) is 3. The molecule has 1 aliphatic rings. The Kier molecular flexibility index (Phi) is 6.37. The van der Waals surface area contributed by atoms with E-state index in [4.69, 9.17) is 11.6 Å². The molecule has 1 aromatic heterocycles. The van der Waals surface area contributed by atoms with Gasteiger partial charge in [0.25, 0.3) is 0 Å². The first kappa shape index (κ1) is 18.3. The molecular formula is C18H23ClN4OS. The first-order valence-electron chi connectivity index (χ1n) is 8.74. The average Bonchev–Trinajstić information content (AvgIpc) is 3.08. The highest BCUT2D eigenvalue weighted by Crippen LogP contribution is 2.26. The van der Waals surface area contributed by atoms with E-state index in [0.29, 0.717) is 16.1 Å². The van der Waals surface area contributed by atoms with Gasteiger partial charge < -0.3 is 5.32 Å². The summed E-state index contributed by atoms with van der Waals surface area (Å²) in [5.41, 5.74) is 0.884. The van der Waals surface area contributed by atoms with Gasteiger partial charge in [-0.05, 0) is 43.9 Å². The maximum absolute atomic E-state index is 12.4. The van der Waals surface area contributed by atoms with E-state index < -0.39 is 0 Å². The van der Waals surface area contributed by atoms with Crippen LogP contribution in [0.5, 0.6) is 0 Å². The lowest BCUT2D eigenvalue weighted by atomic mass is 9.89. The summed E-state index contributed by atoms with van der Waals surface area (Å²) in [7, 11) is 0. The third-order valence-electron chi connectivity index (χ3n) is 4.54. The van der Waals surface area contributed by atoms with E-state index in [1.54, 1.807) is 6.33 Å². The molecule has 1 N–H and O–H groups in total. The highest BCUT2D eigenvalue weighted by atomic mass is 35.5. The molecule has 0 saturated heterocycles. The summed E-state index contributed by atoms with van der Waals surface area (Å²) in [4.78, 5) is 12.4. The summed E-state index contributed by atoms with van der Waals surface area (Å²) in [5, 5.41) is 12.3. The van der Waals surface area contributed by atoms with Crippen molar-refractivity contribution in [3.63, 3.8) is 0 Å². The number of hydrogen-bond donors (Lipinski definition) is 1. The number of amides is 1. The first-order valence-corrected chi connectivity index (χ1v) is 9.99. The molecule has 5 nitrogen and oxygen atoms in total. The lowest BCUT2D eigenvalue weighted by Gasteiger charge is -2.22. The molecule has 1 aliphatic carbocycles. The maximum atomic E-state index is 12.4. The topological polar surface area (TPSA) is 59.8 Å². The number of carbonyl (C=O) groups is 1. The number of rotatable bonds is 6. The molecule has 0 radical (unpaired) electrons. The summed E-state index contributed by atoms with van der Waals surface area (Å²) in [6.45, 7) is 2.68. The molecular weight excluding hydrogens is 356 g/mol. The fourth-order valence-corrected chi connectivity index (χ4v) is 4.15. The summed E-state index contributed by atoms with van der Waals surface area (Å²) in [6.07, 6.45) is 7.99. The Morgan fingerprint density at radius 2 is 2.20 bits per heavy atom. The molecule has 1 aromatic carbocycles. The minimum absolute atomic E-state index is 0.0521. The number of halogens is 1. The second-order valence-corrected chi connectivity index (χ2v) is 8.22. The van der Waals surface area contributed by atoms with Crippen LogP contribution in [0.1, 0.15) is 39.0 Å². The van der Waals surface area contributed by atoms with Gasteiger partial charge in [0.05, 0.1) is 10.9 Å². The van der Waals surface area contributed by atoms with Crippen LogP contribution in [-0.4, -0.2) is 32.5 Å². The van der Waals surface area contributed by atoms with Crippen LogP contribution in [0.4, 0.5) is 0 Å². The number of aromatic nitrogens is 3. The summed E-state index contributed by atoms with van der Waals surface area (Å²) in [5.74, 6) is 0.682. The van der Waals surface area contributed by atoms with E-state index in [9.17, 15) is 4.79 Å². The molecule has 1 fully saturated rings. The summed E-state index contributed by atoms with van der Waals surface area (Å²) >= 11 is 7.47. The van der Waals surface area contributed by atoms with Gasteiger partial charge in [-0.25, -0.2) is 0 Å². The molecule has 7 heteroatoms.